The number of carbonyl (C=O) groups is 2. The third-order valence-electron chi connectivity index (χ3n) is 4.05. The van der Waals surface area contributed by atoms with E-state index in [4.69, 9.17) is 5.11 Å². The lowest BCUT2D eigenvalue weighted by atomic mass is 9.95. The van der Waals surface area contributed by atoms with Crippen molar-refractivity contribution >= 4 is 11.9 Å². The second kappa shape index (κ2) is 6.55. The van der Waals surface area contributed by atoms with Crippen molar-refractivity contribution in [2.45, 2.75) is 44.6 Å². The molecule has 2 N–H and O–H groups in total. The summed E-state index contributed by atoms with van der Waals surface area (Å²) in [7, 11) is 0. The van der Waals surface area contributed by atoms with E-state index < -0.39 is 5.97 Å². The zero-order chi connectivity index (χ0) is 14.5. The number of hydrogen-bond acceptors (Lipinski definition) is 2. The number of carboxylic acids is 1. The molecule has 1 aliphatic carbocycles. The number of benzene rings is 1. The quantitative estimate of drug-likeness (QED) is 0.868. The van der Waals surface area contributed by atoms with Crippen molar-refractivity contribution in [3.05, 3.63) is 35.9 Å². The number of amides is 1. The highest BCUT2D eigenvalue weighted by atomic mass is 16.4. The van der Waals surface area contributed by atoms with Crippen molar-refractivity contribution in [3.8, 4) is 0 Å². The molecule has 4 nitrogen and oxygen atoms in total. The summed E-state index contributed by atoms with van der Waals surface area (Å²) in [5.74, 6) is -1.20. The van der Waals surface area contributed by atoms with Crippen LogP contribution in [0.2, 0.25) is 0 Å². The molecule has 1 aromatic carbocycles. The predicted molar refractivity (Wildman–Crippen MR) is 76.4 cm³/mol. The lowest BCUT2D eigenvalue weighted by molar-refractivity contribution is -0.141. The van der Waals surface area contributed by atoms with Crippen molar-refractivity contribution in [2.75, 3.05) is 0 Å². The van der Waals surface area contributed by atoms with Crippen LogP contribution in [-0.2, 0) is 9.59 Å². The molecule has 0 saturated heterocycles. The topological polar surface area (TPSA) is 66.4 Å². The molecule has 4 heteroatoms. The fraction of sp³-hybridized carbons (Fsp3) is 0.500. The Morgan fingerprint density at radius 3 is 2.55 bits per heavy atom. The Kier molecular flexibility index (Phi) is 4.77. The monoisotopic (exact) mass is 275 g/mol. The third-order valence-corrected chi connectivity index (χ3v) is 4.05. The Hall–Kier alpha value is -1.84. The minimum absolute atomic E-state index is 0.00126. The van der Waals surface area contributed by atoms with E-state index in [1.807, 2.05) is 37.3 Å². The number of carbonyl (C=O) groups excluding carboxylic acids is 1. The highest BCUT2D eigenvalue weighted by Crippen LogP contribution is 2.27. The summed E-state index contributed by atoms with van der Waals surface area (Å²) in [4.78, 5) is 23.3. The lowest BCUT2D eigenvalue weighted by Crippen LogP contribution is -2.36. The van der Waals surface area contributed by atoms with Crippen LogP contribution < -0.4 is 5.32 Å². The molecule has 3 atom stereocenters. The van der Waals surface area contributed by atoms with Crippen molar-refractivity contribution in [3.63, 3.8) is 0 Å². The largest absolute Gasteiger partial charge is 0.481 e. The van der Waals surface area contributed by atoms with Gasteiger partial charge in [0.25, 0.3) is 0 Å². The minimum Gasteiger partial charge on any atom is -0.481 e. The fourth-order valence-corrected chi connectivity index (χ4v) is 2.90. The van der Waals surface area contributed by atoms with E-state index in [1.165, 1.54) is 0 Å². The molecule has 0 aliphatic heterocycles. The molecule has 20 heavy (non-hydrogen) atoms. The van der Waals surface area contributed by atoms with E-state index in [0.717, 1.165) is 18.4 Å². The van der Waals surface area contributed by atoms with E-state index in [-0.39, 0.29) is 23.8 Å². The van der Waals surface area contributed by atoms with E-state index in [0.29, 0.717) is 12.8 Å². The highest BCUT2D eigenvalue weighted by Gasteiger charge is 2.31. The first-order chi connectivity index (χ1) is 9.61. The number of carboxylic acid groups (broad SMARTS) is 1. The van der Waals surface area contributed by atoms with Gasteiger partial charge in [0.15, 0.2) is 0 Å². The van der Waals surface area contributed by atoms with Gasteiger partial charge in [-0.2, -0.15) is 0 Å². The number of nitrogens with one attached hydrogen (secondary N) is 1. The van der Waals surface area contributed by atoms with Gasteiger partial charge in [-0.1, -0.05) is 37.3 Å². The van der Waals surface area contributed by atoms with Gasteiger partial charge >= 0.3 is 5.97 Å². The maximum absolute atomic E-state index is 12.3. The molecule has 0 aromatic heterocycles. The van der Waals surface area contributed by atoms with Gasteiger partial charge in [0.05, 0.1) is 11.8 Å². The molecule has 108 valence electrons. The summed E-state index contributed by atoms with van der Waals surface area (Å²) in [6, 6.07) is 9.72. The molecular weight excluding hydrogens is 254 g/mol. The van der Waals surface area contributed by atoms with Gasteiger partial charge in [0.2, 0.25) is 5.91 Å². The first-order valence-corrected chi connectivity index (χ1v) is 7.20. The second-order valence-electron chi connectivity index (χ2n) is 5.43. The summed E-state index contributed by atoms with van der Waals surface area (Å²) in [5.41, 5.74) is 1.01. The van der Waals surface area contributed by atoms with Gasteiger partial charge in [0.1, 0.15) is 0 Å². The lowest BCUT2D eigenvalue weighted by Gasteiger charge is -2.19. The summed E-state index contributed by atoms with van der Waals surface area (Å²) in [5, 5.41) is 12.0. The van der Waals surface area contributed by atoms with Gasteiger partial charge in [-0.25, -0.2) is 0 Å². The van der Waals surface area contributed by atoms with Crippen molar-refractivity contribution in [2.24, 2.45) is 5.92 Å². The van der Waals surface area contributed by atoms with Gasteiger partial charge in [-0.15, -0.1) is 0 Å². The van der Waals surface area contributed by atoms with Crippen molar-refractivity contribution in [1.82, 2.24) is 5.32 Å². The van der Waals surface area contributed by atoms with E-state index in [2.05, 4.69) is 5.32 Å². The van der Waals surface area contributed by atoms with Gasteiger partial charge in [-0.05, 0) is 31.2 Å². The van der Waals surface area contributed by atoms with Crippen LogP contribution in [0.4, 0.5) is 0 Å². The molecule has 0 heterocycles. The van der Waals surface area contributed by atoms with Crippen LogP contribution in [-0.4, -0.2) is 23.0 Å². The van der Waals surface area contributed by atoms with Crippen LogP contribution in [0.5, 0.6) is 0 Å². The Morgan fingerprint density at radius 2 is 2.00 bits per heavy atom. The first-order valence-electron chi connectivity index (χ1n) is 7.20. The molecule has 0 radical (unpaired) electrons. The normalized spacial score (nSPS) is 23.2. The maximum atomic E-state index is 12.3. The zero-order valence-corrected chi connectivity index (χ0v) is 11.7. The van der Waals surface area contributed by atoms with Crippen LogP contribution in [0.25, 0.3) is 0 Å². The smallest absolute Gasteiger partial charge is 0.306 e. The summed E-state index contributed by atoms with van der Waals surface area (Å²) in [6.45, 7) is 1.99. The molecule has 1 unspecified atom stereocenters. The molecule has 2 rings (SSSR count). The molecule has 1 aliphatic rings. The standard InChI is InChI=1S/C16H21NO3/c1-2-14(11-6-4-3-5-7-11)15(18)17-13-9-8-12(10-13)16(19)20/h3-7,12-14H,2,8-10H2,1H3,(H,17,18)(H,19,20)/t12-,13+,14?/m1/s1. The number of rotatable bonds is 5. The molecule has 1 saturated carbocycles. The molecule has 1 aromatic rings. The Balaban J connectivity index is 1.96. The van der Waals surface area contributed by atoms with E-state index in [1.54, 1.807) is 0 Å². The average molecular weight is 275 g/mol. The summed E-state index contributed by atoms with van der Waals surface area (Å²) >= 11 is 0. The first kappa shape index (κ1) is 14.6. The van der Waals surface area contributed by atoms with Gasteiger partial charge in [-0.3, -0.25) is 9.59 Å². The Morgan fingerprint density at radius 1 is 1.30 bits per heavy atom. The van der Waals surface area contributed by atoms with Crippen LogP contribution in [0.3, 0.4) is 0 Å². The van der Waals surface area contributed by atoms with E-state index >= 15 is 0 Å². The zero-order valence-electron chi connectivity index (χ0n) is 11.7. The predicted octanol–water partition coefficient (Wildman–Crippen LogP) is 2.55. The van der Waals surface area contributed by atoms with Crippen LogP contribution >= 0.6 is 0 Å². The Bertz CT molecular complexity index is 472. The number of aliphatic carboxylic acids is 1. The van der Waals surface area contributed by atoms with Gasteiger partial charge in [0, 0.05) is 6.04 Å². The van der Waals surface area contributed by atoms with Crippen LogP contribution in [0.1, 0.15) is 44.1 Å². The van der Waals surface area contributed by atoms with Crippen LogP contribution in [0.15, 0.2) is 30.3 Å². The second-order valence-corrected chi connectivity index (χ2v) is 5.43. The maximum Gasteiger partial charge on any atom is 0.306 e. The Labute approximate surface area is 119 Å². The van der Waals surface area contributed by atoms with Crippen molar-refractivity contribution < 1.29 is 14.7 Å². The summed E-state index contributed by atoms with van der Waals surface area (Å²) < 4.78 is 0. The van der Waals surface area contributed by atoms with E-state index in [9.17, 15) is 9.59 Å². The van der Waals surface area contributed by atoms with Gasteiger partial charge < -0.3 is 10.4 Å². The number of hydrogen-bond donors (Lipinski definition) is 2. The van der Waals surface area contributed by atoms with Crippen LogP contribution in [0, 0.1) is 5.92 Å². The minimum atomic E-state index is -0.753. The molecule has 1 fully saturated rings. The fourth-order valence-electron chi connectivity index (χ4n) is 2.90. The third kappa shape index (κ3) is 3.38. The molecule has 1 amide bonds. The SMILES string of the molecule is CCC(C(=O)N[C@H]1CC[C@@H](C(=O)O)C1)c1ccccc1. The summed E-state index contributed by atoms with van der Waals surface area (Å²) in [6.07, 6.45) is 2.70. The molecular formula is C16H21NO3. The average Bonchev–Trinajstić information content (AvgIpc) is 2.89. The molecule has 0 bridgehead atoms. The highest BCUT2D eigenvalue weighted by molar-refractivity contribution is 5.84. The van der Waals surface area contributed by atoms with Crippen molar-refractivity contribution in [1.29, 1.82) is 0 Å². The molecule has 0 spiro atoms.